The molecule has 1 heterocycles. The number of benzene rings is 1. The van der Waals surface area contributed by atoms with Crippen LogP contribution in [0.4, 0.5) is 5.69 Å². The number of amides is 1. The summed E-state index contributed by atoms with van der Waals surface area (Å²) in [4.78, 5) is 14.4. The zero-order chi connectivity index (χ0) is 13.6. The Bertz CT molecular complexity index is 482. The molecule has 0 radical (unpaired) electrons. The zero-order valence-corrected chi connectivity index (χ0v) is 12.8. The fourth-order valence-corrected chi connectivity index (χ4v) is 2.66. The van der Waals surface area contributed by atoms with Gasteiger partial charge in [-0.2, -0.15) is 0 Å². The Labute approximate surface area is 117 Å². The summed E-state index contributed by atoms with van der Waals surface area (Å²) < 4.78 is 1.03. The van der Waals surface area contributed by atoms with Crippen LogP contribution in [0.15, 0.2) is 28.7 Å². The number of nitrogens with one attached hydrogen (secondary N) is 1. The minimum absolute atomic E-state index is 0.0683. The van der Waals surface area contributed by atoms with Gasteiger partial charge in [-0.3, -0.25) is 4.79 Å². The van der Waals surface area contributed by atoms with Crippen molar-refractivity contribution in [3.8, 4) is 0 Å². The lowest BCUT2D eigenvalue weighted by molar-refractivity contribution is -0.128. The molecule has 1 N–H and O–H groups in total. The normalized spacial score (nSPS) is 21.6. The maximum Gasteiger partial charge on any atom is 0.245 e. The molecule has 0 bridgehead atoms. The summed E-state index contributed by atoms with van der Waals surface area (Å²) in [5.74, 6) is 0.0683. The third kappa shape index (κ3) is 2.39. The van der Waals surface area contributed by atoms with Crippen LogP contribution in [0.1, 0.15) is 27.7 Å². The molecule has 4 heteroatoms. The van der Waals surface area contributed by atoms with E-state index in [1.165, 1.54) is 0 Å². The van der Waals surface area contributed by atoms with Crippen LogP contribution in [0.5, 0.6) is 0 Å². The van der Waals surface area contributed by atoms with E-state index in [4.69, 9.17) is 0 Å². The first kappa shape index (κ1) is 13.4. The molecule has 1 fully saturated rings. The molecule has 1 aromatic rings. The highest BCUT2D eigenvalue weighted by Crippen LogP contribution is 2.31. The van der Waals surface area contributed by atoms with Crippen molar-refractivity contribution in [3.05, 3.63) is 28.7 Å². The van der Waals surface area contributed by atoms with E-state index in [0.29, 0.717) is 0 Å². The van der Waals surface area contributed by atoms with Gasteiger partial charge in [0.1, 0.15) is 5.54 Å². The van der Waals surface area contributed by atoms with Crippen molar-refractivity contribution in [2.75, 3.05) is 11.4 Å². The van der Waals surface area contributed by atoms with Gasteiger partial charge in [-0.25, -0.2) is 0 Å². The number of hydrogen-bond acceptors (Lipinski definition) is 2. The fraction of sp³-hybridized carbons (Fsp3) is 0.500. The molecule has 2 rings (SSSR count). The van der Waals surface area contributed by atoms with Gasteiger partial charge in [-0.1, -0.05) is 22.0 Å². The van der Waals surface area contributed by atoms with Crippen LogP contribution < -0.4 is 10.2 Å². The first-order valence-corrected chi connectivity index (χ1v) is 6.87. The Hall–Kier alpha value is -1.03. The molecule has 1 saturated heterocycles. The Kier molecular flexibility index (Phi) is 3.18. The largest absolute Gasteiger partial charge is 0.355 e. The molecule has 0 atom stereocenters. The Morgan fingerprint density at radius 1 is 1.28 bits per heavy atom. The summed E-state index contributed by atoms with van der Waals surface area (Å²) in [5, 5.41) is 3.07. The molecular formula is C14H19BrN2O. The molecule has 98 valence electrons. The van der Waals surface area contributed by atoms with E-state index in [1.54, 1.807) is 0 Å². The number of rotatable bonds is 1. The van der Waals surface area contributed by atoms with Gasteiger partial charge >= 0.3 is 0 Å². The molecule has 3 nitrogen and oxygen atoms in total. The molecule has 1 aromatic carbocycles. The lowest BCUT2D eigenvalue weighted by Gasteiger charge is -2.49. The number of hydrogen-bond donors (Lipinski definition) is 1. The summed E-state index contributed by atoms with van der Waals surface area (Å²) in [6, 6.07) is 8.08. The molecule has 1 aliphatic rings. The molecule has 0 saturated carbocycles. The van der Waals surface area contributed by atoms with Crippen LogP contribution in [-0.4, -0.2) is 23.5 Å². The number of piperazine rings is 1. The maximum atomic E-state index is 12.2. The monoisotopic (exact) mass is 310 g/mol. The first-order chi connectivity index (χ1) is 8.22. The number of nitrogens with zero attached hydrogens (tertiary/aromatic N) is 1. The highest BCUT2D eigenvalue weighted by atomic mass is 79.9. The van der Waals surface area contributed by atoms with Crippen molar-refractivity contribution in [2.45, 2.75) is 38.8 Å². The molecule has 1 aliphatic heterocycles. The molecule has 0 spiro atoms. The van der Waals surface area contributed by atoms with Gasteiger partial charge < -0.3 is 10.2 Å². The van der Waals surface area contributed by atoms with E-state index in [1.807, 2.05) is 45.9 Å². The summed E-state index contributed by atoms with van der Waals surface area (Å²) in [6.45, 7) is 8.80. The number of anilines is 1. The minimum Gasteiger partial charge on any atom is -0.355 e. The van der Waals surface area contributed by atoms with E-state index < -0.39 is 5.54 Å². The quantitative estimate of drug-likeness (QED) is 0.865. The predicted molar refractivity (Wildman–Crippen MR) is 77.8 cm³/mol. The van der Waals surface area contributed by atoms with Crippen molar-refractivity contribution in [1.82, 2.24) is 5.32 Å². The van der Waals surface area contributed by atoms with Gasteiger partial charge in [0.25, 0.3) is 0 Å². The first-order valence-electron chi connectivity index (χ1n) is 6.08. The Balaban J connectivity index is 2.43. The topological polar surface area (TPSA) is 32.3 Å². The van der Waals surface area contributed by atoms with E-state index in [2.05, 4.69) is 32.2 Å². The predicted octanol–water partition coefficient (Wildman–Crippen LogP) is 2.94. The fourth-order valence-electron chi connectivity index (χ4n) is 2.27. The number of carbonyl (C=O) groups is 1. The highest BCUT2D eigenvalue weighted by molar-refractivity contribution is 9.10. The van der Waals surface area contributed by atoms with Gasteiger partial charge in [0.2, 0.25) is 5.91 Å². The van der Waals surface area contributed by atoms with Crippen molar-refractivity contribution in [3.63, 3.8) is 0 Å². The lowest BCUT2D eigenvalue weighted by Crippen LogP contribution is -2.69. The lowest BCUT2D eigenvalue weighted by atomic mass is 9.90. The number of carbonyl (C=O) groups excluding carboxylic acids is 1. The molecule has 1 amide bonds. The maximum absolute atomic E-state index is 12.2. The Morgan fingerprint density at radius 2 is 1.94 bits per heavy atom. The van der Waals surface area contributed by atoms with Gasteiger partial charge in [-0.15, -0.1) is 0 Å². The van der Waals surface area contributed by atoms with Gasteiger partial charge in [0.15, 0.2) is 0 Å². The smallest absolute Gasteiger partial charge is 0.245 e. The van der Waals surface area contributed by atoms with Gasteiger partial charge in [-0.05, 0) is 45.9 Å². The number of halogens is 1. The summed E-state index contributed by atoms with van der Waals surface area (Å²) in [6.07, 6.45) is 0. The summed E-state index contributed by atoms with van der Waals surface area (Å²) in [7, 11) is 0. The second kappa shape index (κ2) is 4.26. The summed E-state index contributed by atoms with van der Waals surface area (Å²) in [5.41, 5.74) is 0.322. The van der Waals surface area contributed by atoms with E-state index in [9.17, 15) is 4.79 Å². The molecule has 0 unspecified atom stereocenters. The van der Waals surface area contributed by atoms with Crippen molar-refractivity contribution in [1.29, 1.82) is 0 Å². The average Bonchev–Trinajstić information content (AvgIpc) is 2.23. The third-order valence-corrected chi connectivity index (χ3v) is 3.85. The van der Waals surface area contributed by atoms with Crippen LogP contribution >= 0.6 is 15.9 Å². The van der Waals surface area contributed by atoms with Crippen LogP contribution in [0.3, 0.4) is 0 Å². The highest BCUT2D eigenvalue weighted by Gasteiger charge is 2.44. The minimum atomic E-state index is -0.531. The van der Waals surface area contributed by atoms with Crippen molar-refractivity contribution in [2.24, 2.45) is 0 Å². The second-order valence-corrected chi connectivity index (χ2v) is 6.88. The van der Waals surface area contributed by atoms with E-state index >= 15 is 0 Å². The molecule has 0 aromatic heterocycles. The molecule has 0 aliphatic carbocycles. The average molecular weight is 311 g/mol. The molecular weight excluding hydrogens is 292 g/mol. The van der Waals surface area contributed by atoms with Crippen LogP contribution in [-0.2, 0) is 4.79 Å². The van der Waals surface area contributed by atoms with E-state index in [-0.39, 0.29) is 11.4 Å². The van der Waals surface area contributed by atoms with Crippen LogP contribution in [0.25, 0.3) is 0 Å². The summed E-state index contributed by atoms with van der Waals surface area (Å²) >= 11 is 3.48. The van der Waals surface area contributed by atoms with Crippen molar-refractivity contribution < 1.29 is 4.79 Å². The standard InChI is InChI=1S/C14H19BrN2O/c1-13(2)9-17(14(3,4)12(18)16-13)11-7-5-6-10(15)8-11/h5-8H,9H2,1-4H3,(H,16,18). The van der Waals surface area contributed by atoms with Crippen LogP contribution in [0.2, 0.25) is 0 Å². The van der Waals surface area contributed by atoms with Gasteiger partial charge in [0.05, 0.1) is 5.54 Å². The SMILES string of the molecule is CC1(C)CN(c2cccc(Br)c2)C(C)(C)C(=O)N1. The Morgan fingerprint density at radius 3 is 2.56 bits per heavy atom. The van der Waals surface area contributed by atoms with Crippen molar-refractivity contribution >= 4 is 27.5 Å². The third-order valence-electron chi connectivity index (χ3n) is 3.36. The van der Waals surface area contributed by atoms with Gasteiger partial charge in [0, 0.05) is 16.7 Å². The molecule has 18 heavy (non-hydrogen) atoms. The van der Waals surface area contributed by atoms with Crippen LogP contribution in [0, 0.1) is 0 Å². The zero-order valence-electron chi connectivity index (χ0n) is 11.2. The van der Waals surface area contributed by atoms with E-state index in [0.717, 1.165) is 16.7 Å². The second-order valence-electron chi connectivity index (χ2n) is 5.96.